The highest BCUT2D eigenvalue weighted by Crippen LogP contribution is 2.44. The van der Waals surface area contributed by atoms with Crippen LogP contribution in [-0.2, 0) is 9.53 Å². The molecule has 0 aromatic rings. The van der Waals surface area contributed by atoms with Gasteiger partial charge in [0.1, 0.15) is 6.04 Å². The zero-order chi connectivity index (χ0) is 13.3. The van der Waals surface area contributed by atoms with Gasteiger partial charge in [0, 0.05) is 6.04 Å². The molecule has 0 spiro atoms. The van der Waals surface area contributed by atoms with Gasteiger partial charge in [0.25, 0.3) is 0 Å². The zero-order valence-corrected chi connectivity index (χ0v) is 11.8. The topological polar surface area (TPSA) is 38.3 Å². The minimum Gasteiger partial charge on any atom is -0.468 e. The summed E-state index contributed by atoms with van der Waals surface area (Å²) in [6.45, 7) is 6.32. The number of carbonyl (C=O) groups is 1. The van der Waals surface area contributed by atoms with Crippen LogP contribution in [0.3, 0.4) is 0 Å². The lowest BCUT2D eigenvalue weighted by molar-refractivity contribution is -0.144. The molecule has 0 radical (unpaired) electrons. The van der Waals surface area contributed by atoms with Crippen LogP contribution < -0.4 is 5.32 Å². The second kappa shape index (κ2) is 5.43. The summed E-state index contributed by atoms with van der Waals surface area (Å²) in [6, 6.07) is 0.185. The van der Waals surface area contributed by atoms with Gasteiger partial charge in [0.15, 0.2) is 0 Å². The van der Waals surface area contributed by atoms with Crippen LogP contribution in [0.1, 0.15) is 33.6 Å². The average Bonchev–Trinajstić information content (AvgIpc) is 2.96. The first-order valence-electron chi connectivity index (χ1n) is 7.05. The van der Waals surface area contributed by atoms with Gasteiger partial charge in [-0.1, -0.05) is 26.0 Å². The molecule has 1 saturated carbocycles. The van der Waals surface area contributed by atoms with Gasteiger partial charge in [-0.25, -0.2) is 0 Å². The van der Waals surface area contributed by atoms with Crippen molar-refractivity contribution >= 4 is 5.97 Å². The molecular weight excluding hydrogens is 226 g/mol. The molecule has 2 aliphatic rings. The van der Waals surface area contributed by atoms with E-state index in [0.29, 0.717) is 17.9 Å². The maximum Gasteiger partial charge on any atom is 0.323 e. The average molecular weight is 251 g/mol. The second-order valence-electron chi connectivity index (χ2n) is 6.14. The third-order valence-corrected chi connectivity index (χ3v) is 4.54. The summed E-state index contributed by atoms with van der Waals surface area (Å²) in [4.78, 5) is 11.8. The van der Waals surface area contributed by atoms with E-state index in [1.54, 1.807) is 0 Å². The van der Waals surface area contributed by atoms with E-state index in [-0.39, 0.29) is 17.9 Å². The second-order valence-corrected chi connectivity index (χ2v) is 6.14. The maximum atomic E-state index is 11.8. The maximum absolute atomic E-state index is 11.8. The normalized spacial score (nSPS) is 32.8. The van der Waals surface area contributed by atoms with Crippen LogP contribution in [0.4, 0.5) is 0 Å². The van der Waals surface area contributed by atoms with Crippen LogP contribution in [0, 0.1) is 23.7 Å². The number of esters is 1. The highest BCUT2D eigenvalue weighted by atomic mass is 16.5. The van der Waals surface area contributed by atoms with Crippen molar-refractivity contribution in [1.82, 2.24) is 5.32 Å². The van der Waals surface area contributed by atoms with Crippen molar-refractivity contribution in [1.29, 1.82) is 0 Å². The molecule has 4 unspecified atom stereocenters. The minimum absolute atomic E-state index is 0.143. The number of hydrogen-bond acceptors (Lipinski definition) is 3. The SMILES string of the molecule is COC(=O)[C@@H](NC(C)C1CC2C=CC1C2)C(C)C. The van der Waals surface area contributed by atoms with Crippen molar-refractivity contribution in [3.8, 4) is 0 Å². The molecule has 18 heavy (non-hydrogen) atoms. The Morgan fingerprint density at radius 1 is 1.28 bits per heavy atom. The van der Waals surface area contributed by atoms with Crippen LogP contribution >= 0.6 is 0 Å². The molecule has 0 heterocycles. The first-order chi connectivity index (χ1) is 8.52. The van der Waals surface area contributed by atoms with E-state index in [0.717, 1.165) is 5.92 Å². The van der Waals surface area contributed by atoms with Crippen LogP contribution in [0.5, 0.6) is 0 Å². The summed E-state index contributed by atoms with van der Waals surface area (Å²) in [5.74, 6) is 2.28. The van der Waals surface area contributed by atoms with Crippen LogP contribution in [-0.4, -0.2) is 25.2 Å². The molecule has 1 N–H and O–H groups in total. The quantitative estimate of drug-likeness (QED) is 0.602. The van der Waals surface area contributed by atoms with Crippen LogP contribution in [0.15, 0.2) is 12.2 Å². The van der Waals surface area contributed by atoms with Crippen LogP contribution in [0.25, 0.3) is 0 Å². The Hall–Kier alpha value is -0.830. The molecule has 3 nitrogen and oxygen atoms in total. The number of rotatable bonds is 5. The number of ether oxygens (including phenoxy) is 1. The summed E-state index contributed by atoms with van der Waals surface area (Å²) in [5, 5.41) is 3.49. The fourth-order valence-corrected chi connectivity index (χ4v) is 3.46. The van der Waals surface area contributed by atoms with Crippen LogP contribution in [0.2, 0.25) is 0 Å². The Kier molecular flexibility index (Phi) is 4.10. The van der Waals surface area contributed by atoms with Gasteiger partial charge in [-0.2, -0.15) is 0 Å². The molecule has 0 saturated heterocycles. The van der Waals surface area contributed by atoms with E-state index in [1.807, 2.05) is 0 Å². The first kappa shape index (κ1) is 13.6. The smallest absolute Gasteiger partial charge is 0.323 e. The van der Waals surface area contributed by atoms with Crippen molar-refractivity contribution in [2.24, 2.45) is 23.7 Å². The Morgan fingerprint density at radius 2 is 2.00 bits per heavy atom. The standard InChI is InChI=1S/C15H25NO2/c1-9(2)14(15(17)18-4)16-10(3)13-8-11-5-6-12(13)7-11/h5-6,9-14,16H,7-8H2,1-4H3/t10?,11?,12?,13?,14-/m0/s1. The van der Waals surface area contributed by atoms with E-state index in [2.05, 4.69) is 38.2 Å². The summed E-state index contributed by atoms with van der Waals surface area (Å²) in [7, 11) is 1.46. The molecule has 2 bridgehead atoms. The predicted molar refractivity (Wildman–Crippen MR) is 72.1 cm³/mol. The highest BCUT2D eigenvalue weighted by Gasteiger charge is 2.39. The number of hydrogen-bond donors (Lipinski definition) is 1. The van der Waals surface area contributed by atoms with Gasteiger partial charge in [-0.3, -0.25) is 4.79 Å². The minimum atomic E-state index is -0.187. The summed E-state index contributed by atoms with van der Waals surface area (Å²) < 4.78 is 4.88. The van der Waals surface area contributed by atoms with Gasteiger partial charge in [-0.15, -0.1) is 0 Å². The largest absolute Gasteiger partial charge is 0.468 e. The number of allylic oxidation sites excluding steroid dienone is 2. The number of carbonyl (C=O) groups excluding carboxylic acids is 1. The Bertz CT molecular complexity index is 337. The fourth-order valence-electron chi connectivity index (χ4n) is 3.46. The van der Waals surface area contributed by atoms with E-state index in [1.165, 1.54) is 20.0 Å². The van der Waals surface area contributed by atoms with Crippen molar-refractivity contribution in [3.63, 3.8) is 0 Å². The first-order valence-corrected chi connectivity index (χ1v) is 7.05. The molecular formula is C15H25NO2. The number of methoxy groups -OCH3 is 1. The summed E-state index contributed by atoms with van der Waals surface area (Å²) >= 11 is 0. The summed E-state index contributed by atoms with van der Waals surface area (Å²) in [5.41, 5.74) is 0. The molecule has 0 aromatic heterocycles. The highest BCUT2D eigenvalue weighted by molar-refractivity contribution is 5.75. The van der Waals surface area contributed by atoms with Gasteiger partial charge >= 0.3 is 5.97 Å². The molecule has 0 aliphatic heterocycles. The molecule has 5 atom stereocenters. The van der Waals surface area contributed by atoms with Gasteiger partial charge < -0.3 is 10.1 Å². The van der Waals surface area contributed by atoms with Gasteiger partial charge in [-0.05, 0) is 43.4 Å². The van der Waals surface area contributed by atoms with E-state index in [9.17, 15) is 4.79 Å². The Balaban J connectivity index is 1.95. The molecule has 0 aromatic carbocycles. The third-order valence-electron chi connectivity index (χ3n) is 4.54. The molecule has 102 valence electrons. The van der Waals surface area contributed by atoms with Crippen molar-refractivity contribution in [2.75, 3.05) is 7.11 Å². The monoisotopic (exact) mass is 251 g/mol. The van der Waals surface area contributed by atoms with Gasteiger partial charge in [0.05, 0.1) is 7.11 Å². The summed E-state index contributed by atoms with van der Waals surface area (Å²) in [6.07, 6.45) is 7.29. The predicted octanol–water partition coefficient (Wildman–Crippen LogP) is 2.37. The Morgan fingerprint density at radius 3 is 2.44 bits per heavy atom. The van der Waals surface area contributed by atoms with E-state index in [4.69, 9.17) is 4.74 Å². The third kappa shape index (κ3) is 2.61. The Labute approximate surface area is 110 Å². The molecule has 2 aliphatic carbocycles. The lowest BCUT2D eigenvalue weighted by atomic mass is 9.86. The lowest BCUT2D eigenvalue weighted by Crippen LogP contribution is -2.49. The molecule has 2 rings (SSSR count). The number of nitrogens with one attached hydrogen (secondary N) is 1. The lowest BCUT2D eigenvalue weighted by Gasteiger charge is -2.31. The van der Waals surface area contributed by atoms with E-state index >= 15 is 0 Å². The molecule has 1 fully saturated rings. The van der Waals surface area contributed by atoms with Crippen molar-refractivity contribution < 1.29 is 9.53 Å². The van der Waals surface area contributed by atoms with Crippen molar-refractivity contribution in [3.05, 3.63) is 12.2 Å². The zero-order valence-electron chi connectivity index (χ0n) is 11.8. The van der Waals surface area contributed by atoms with E-state index < -0.39 is 0 Å². The molecule has 3 heteroatoms. The van der Waals surface area contributed by atoms with Gasteiger partial charge in [0.2, 0.25) is 0 Å². The number of fused-ring (bicyclic) bond motifs is 2. The molecule has 0 amide bonds. The fraction of sp³-hybridized carbons (Fsp3) is 0.800. The van der Waals surface area contributed by atoms with Crippen molar-refractivity contribution in [2.45, 2.75) is 45.7 Å².